The number of ether oxygens (including phenoxy) is 3. The van der Waals surface area contributed by atoms with Crippen molar-refractivity contribution < 1.29 is 46.6 Å². The molecule has 7 unspecified atom stereocenters. The summed E-state index contributed by atoms with van der Waals surface area (Å²) in [5.41, 5.74) is 5.88. The van der Waals surface area contributed by atoms with Crippen molar-refractivity contribution in [3.63, 3.8) is 0 Å². The summed E-state index contributed by atoms with van der Waals surface area (Å²) < 4.78 is 62.6. The second kappa shape index (κ2) is 30.9. The lowest BCUT2D eigenvalue weighted by Gasteiger charge is -2.47. The average Bonchev–Trinajstić information content (AvgIpc) is 1.87. The summed E-state index contributed by atoms with van der Waals surface area (Å²) in [5, 5.41) is 8.04. The lowest BCUT2D eigenvalue weighted by molar-refractivity contribution is -0.152. The number of halogens is 3. The van der Waals surface area contributed by atoms with Crippen molar-refractivity contribution >= 4 is 46.3 Å². The van der Waals surface area contributed by atoms with Gasteiger partial charge in [0, 0.05) is 84.6 Å². The number of methoxy groups -OCH3 is 1. The van der Waals surface area contributed by atoms with Gasteiger partial charge in [0.2, 0.25) is 5.91 Å². The van der Waals surface area contributed by atoms with E-state index in [1.165, 1.54) is 61.5 Å². The van der Waals surface area contributed by atoms with E-state index < -0.39 is 36.3 Å². The summed E-state index contributed by atoms with van der Waals surface area (Å²) >= 11 is 1.38. The molecule has 0 bridgehead atoms. The number of pyridine rings is 1. The SMILES string of the molecule is CC1CC1.CCC(C)CC1(CC)CN(C(C(=O)NC(Cc2nc(-c3ccc4c(c3)c(CC(C)(C)COC=O)c(-c3cccnc3C(C)OC)n4CC(F)(F)F)cs2)C(=O)N2CCCCN2)C2CCCC2)CCO1.CCCC(C1CC1)C(C)C(C)=O. The van der Waals surface area contributed by atoms with Gasteiger partial charge in [-0.15, -0.1) is 11.3 Å². The third-order valence-electron chi connectivity index (χ3n) is 18.6. The molecule has 2 N–H and O–H groups in total. The maximum absolute atomic E-state index is 14.9. The Morgan fingerprint density at radius 3 is 2.32 bits per heavy atom. The molecule has 3 aliphatic carbocycles. The van der Waals surface area contributed by atoms with Crippen LogP contribution in [0, 0.1) is 40.9 Å². The Hall–Kier alpha value is -4.75. The number of Topliss-reactive ketones (excluding diaryl/α,β-unsaturated/α-hetero) is 1. The van der Waals surface area contributed by atoms with Gasteiger partial charge in [0.25, 0.3) is 12.4 Å². The number of thiazole rings is 1. The molecule has 7 atom stereocenters. The van der Waals surface area contributed by atoms with Gasteiger partial charge in [-0.25, -0.2) is 10.4 Å². The van der Waals surface area contributed by atoms with E-state index >= 15 is 0 Å². The number of nitrogens with zero attached hydrogens (tertiary/aromatic N) is 5. The van der Waals surface area contributed by atoms with Gasteiger partial charge in [-0.1, -0.05) is 100.0 Å². The molecule has 9 rings (SSSR count). The zero-order valence-corrected chi connectivity index (χ0v) is 53.7. The van der Waals surface area contributed by atoms with E-state index in [2.05, 4.69) is 62.2 Å². The quantitative estimate of drug-likeness (QED) is 0.0577. The van der Waals surface area contributed by atoms with Crippen molar-refractivity contribution in [2.24, 2.45) is 40.9 Å². The summed E-state index contributed by atoms with van der Waals surface area (Å²) in [7, 11) is 1.53. The lowest BCUT2D eigenvalue weighted by Crippen LogP contribution is -2.63. The highest BCUT2D eigenvalue weighted by molar-refractivity contribution is 7.10. The molecule has 5 aliphatic rings. The summed E-state index contributed by atoms with van der Waals surface area (Å²) in [6, 6.07) is 7.53. The third kappa shape index (κ3) is 18.6. The molecule has 5 heterocycles. The van der Waals surface area contributed by atoms with Crippen LogP contribution in [0.1, 0.15) is 188 Å². The molecule has 2 aliphatic heterocycles. The monoisotopic (exact) mass is 1200 g/mol. The average molecular weight is 1200 g/mol. The Labute approximate surface area is 508 Å². The summed E-state index contributed by atoms with van der Waals surface area (Å²) in [4.78, 5) is 63.9. The highest BCUT2D eigenvalue weighted by Gasteiger charge is 2.45. The molecular formula is C67H100F3N7O7S. The van der Waals surface area contributed by atoms with Crippen LogP contribution in [0.4, 0.5) is 13.2 Å². The number of morpholine rings is 1. The van der Waals surface area contributed by atoms with Gasteiger partial charge in [0.15, 0.2) is 0 Å². The van der Waals surface area contributed by atoms with Crippen LogP contribution in [0.3, 0.4) is 0 Å². The molecule has 472 valence electrons. The number of benzene rings is 1. The maximum Gasteiger partial charge on any atom is 0.406 e. The highest BCUT2D eigenvalue weighted by atomic mass is 32.1. The summed E-state index contributed by atoms with van der Waals surface area (Å²) in [5.74, 6) is 3.62. The number of fused-ring (bicyclic) bond motifs is 1. The fourth-order valence-corrected chi connectivity index (χ4v) is 13.9. The minimum absolute atomic E-state index is 0.0420. The first-order valence-electron chi connectivity index (χ1n) is 32.0. The van der Waals surface area contributed by atoms with Crippen LogP contribution >= 0.6 is 11.3 Å². The van der Waals surface area contributed by atoms with Crippen LogP contribution in [-0.2, 0) is 52.8 Å². The van der Waals surface area contributed by atoms with E-state index in [0.717, 1.165) is 69.6 Å². The van der Waals surface area contributed by atoms with E-state index in [9.17, 15) is 32.3 Å². The zero-order valence-electron chi connectivity index (χ0n) is 52.9. The molecular weight excluding hydrogens is 1100 g/mol. The molecule has 5 fully saturated rings. The van der Waals surface area contributed by atoms with Crippen molar-refractivity contribution in [1.82, 2.24) is 35.2 Å². The van der Waals surface area contributed by atoms with Gasteiger partial charge >= 0.3 is 6.18 Å². The molecule has 1 aromatic carbocycles. The predicted molar refractivity (Wildman–Crippen MR) is 332 cm³/mol. The highest BCUT2D eigenvalue weighted by Crippen LogP contribution is 2.45. The number of aromatic nitrogens is 3. The van der Waals surface area contributed by atoms with Crippen LogP contribution in [-0.4, -0.2) is 119 Å². The van der Waals surface area contributed by atoms with Crippen molar-refractivity contribution in [1.29, 1.82) is 0 Å². The van der Waals surface area contributed by atoms with Crippen molar-refractivity contribution in [3.05, 3.63) is 58.2 Å². The zero-order chi connectivity index (χ0) is 61.6. The van der Waals surface area contributed by atoms with Gasteiger partial charge in [-0.3, -0.25) is 34.1 Å². The van der Waals surface area contributed by atoms with Crippen LogP contribution in [0.15, 0.2) is 41.9 Å². The molecule has 18 heteroatoms. The number of ketones is 1. The number of hydrogen-bond donors (Lipinski definition) is 2. The fourth-order valence-electron chi connectivity index (χ4n) is 13.0. The second-order valence-corrected chi connectivity index (χ2v) is 27.2. The summed E-state index contributed by atoms with van der Waals surface area (Å²) in [6.45, 7) is 22.8. The predicted octanol–water partition coefficient (Wildman–Crippen LogP) is 13.9. The number of carbonyl (C=O) groups is 4. The van der Waals surface area contributed by atoms with E-state index in [1.54, 1.807) is 49.3 Å². The minimum Gasteiger partial charge on any atom is -0.467 e. The minimum atomic E-state index is -4.56. The standard InChI is InChI=1S/C52H72F3N7O6S.C11H20O.C4H8/c1-8-34(3)27-51(9-2)30-60(23-24-68-51)46(36-15-10-11-16-36)48(64)59-41(49(65)62-22-13-12-21-57-62)26-44-58-42(29-69-44)37-18-19-43-39(25-37)40(28-50(5,6)32-67-33-63)47(61(43)31-52(53,54)55)38-17-14-20-56-45(38)35(4)66-7;1-4-5-11(10-6-7-10)8(2)9(3)12;1-4-2-3-4/h14,17-20,25,29,33-36,41,46,57H,8-13,15-16,21-24,26-28,30-32H2,1-7H3,(H,59,64);8,10-11H,4-7H2,1-3H3;4H,2-3H2,1H3. The molecule has 2 amide bonds. The fraction of sp³-hybridized carbons (Fsp3) is 0.701. The first-order chi connectivity index (χ1) is 40.5. The van der Waals surface area contributed by atoms with E-state index in [-0.39, 0.29) is 42.8 Å². The Morgan fingerprint density at radius 2 is 1.72 bits per heavy atom. The first kappa shape index (κ1) is 67.8. The van der Waals surface area contributed by atoms with Gasteiger partial charge < -0.3 is 24.1 Å². The van der Waals surface area contributed by atoms with E-state index in [0.29, 0.717) is 112 Å². The normalized spacial score (nSPS) is 20.9. The lowest BCUT2D eigenvalue weighted by atomic mass is 9.84. The first-order valence-corrected chi connectivity index (χ1v) is 32.9. The number of alkyl halides is 3. The Balaban J connectivity index is 0.000000558. The van der Waals surface area contributed by atoms with Gasteiger partial charge in [0.05, 0.1) is 53.1 Å². The van der Waals surface area contributed by atoms with Crippen molar-refractivity contribution in [2.75, 3.05) is 46.5 Å². The maximum atomic E-state index is 14.9. The molecule has 0 radical (unpaired) electrons. The van der Waals surface area contributed by atoms with Crippen molar-refractivity contribution in [2.45, 2.75) is 215 Å². The van der Waals surface area contributed by atoms with Crippen LogP contribution in [0.2, 0.25) is 0 Å². The molecule has 85 heavy (non-hydrogen) atoms. The number of carbonyl (C=O) groups excluding carboxylic acids is 4. The van der Waals surface area contributed by atoms with E-state index in [4.69, 9.17) is 19.2 Å². The number of hydrazine groups is 1. The molecule has 4 aromatic rings. The Kier molecular flexibility index (Phi) is 24.7. The molecule has 14 nitrogen and oxygen atoms in total. The number of rotatable bonds is 26. The van der Waals surface area contributed by atoms with Crippen LogP contribution in [0.5, 0.6) is 0 Å². The van der Waals surface area contributed by atoms with Crippen molar-refractivity contribution in [3.8, 4) is 22.5 Å². The van der Waals surface area contributed by atoms with Crippen LogP contribution < -0.4 is 10.7 Å². The van der Waals surface area contributed by atoms with E-state index in [1.807, 2.05) is 25.3 Å². The number of hydrogen-bond acceptors (Lipinski definition) is 12. The van der Waals surface area contributed by atoms with Gasteiger partial charge in [-0.2, -0.15) is 13.2 Å². The summed E-state index contributed by atoms with van der Waals surface area (Å²) in [6.07, 6.45) is 13.7. The largest absolute Gasteiger partial charge is 0.467 e. The topological polar surface area (TPSA) is 157 Å². The van der Waals surface area contributed by atoms with Crippen LogP contribution in [0.25, 0.3) is 33.4 Å². The molecule has 2 saturated heterocycles. The molecule has 0 spiro atoms. The van der Waals surface area contributed by atoms with Gasteiger partial charge in [-0.05, 0) is 137 Å². The Morgan fingerprint density at radius 1 is 0.988 bits per heavy atom. The molecule has 3 saturated carbocycles. The Bertz CT molecular complexity index is 2800. The molecule has 3 aromatic heterocycles. The second-order valence-electron chi connectivity index (χ2n) is 26.3. The van der Waals surface area contributed by atoms with Gasteiger partial charge in [0.1, 0.15) is 18.4 Å². The smallest absolute Gasteiger partial charge is 0.406 e. The third-order valence-corrected chi connectivity index (χ3v) is 19.5. The number of nitrogens with one attached hydrogen (secondary N) is 2. The number of amides is 2.